The number of carboxylic acid groups (broad SMARTS) is 1. The zero-order valence-corrected chi connectivity index (χ0v) is 16.3. The molecule has 134 valence electrons. The van der Waals surface area contributed by atoms with E-state index in [1.807, 2.05) is 6.07 Å². The second-order valence-corrected chi connectivity index (χ2v) is 8.07. The van der Waals surface area contributed by atoms with Crippen LogP contribution in [-0.4, -0.2) is 16.1 Å². The van der Waals surface area contributed by atoms with Crippen LogP contribution in [0.15, 0.2) is 23.6 Å². The van der Waals surface area contributed by atoms with Gasteiger partial charge in [0.2, 0.25) is 0 Å². The number of thiophene rings is 1. The van der Waals surface area contributed by atoms with Crippen LogP contribution in [0.25, 0.3) is 10.1 Å². The molecular formula is C18H12Cl3NO3S. The van der Waals surface area contributed by atoms with E-state index in [2.05, 4.69) is 4.98 Å². The van der Waals surface area contributed by atoms with Gasteiger partial charge in [-0.15, -0.1) is 11.3 Å². The molecule has 0 spiro atoms. The average Bonchev–Trinajstić information content (AvgIpc) is 3.16. The summed E-state index contributed by atoms with van der Waals surface area (Å²) in [5, 5.41) is 12.9. The topological polar surface area (TPSA) is 59.4 Å². The van der Waals surface area contributed by atoms with Crippen molar-refractivity contribution in [2.45, 2.75) is 25.4 Å². The van der Waals surface area contributed by atoms with Crippen LogP contribution in [-0.2, 0) is 17.6 Å². The number of rotatable bonds is 4. The number of ether oxygens (including phenoxy) is 1. The monoisotopic (exact) mass is 427 g/mol. The van der Waals surface area contributed by atoms with Crippen molar-refractivity contribution in [1.82, 2.24) is 4.98 Å². The first kappa shape index (κ1) is 17.9. The van der Waals surface area contributed by atoms with E-state index >= 15 is 0 Å². The minimum Gasteiger partial charge on any atom is -0.484 e. The van der Waals surface area contributed by atoms with Gasteiger partial charge in [0.1, 0.15) is 22.0 Å². The van der Waals surface area contributed by atoms with E-state index in [0.29, 0.717) is 31.9 Å². The average molecular weight is 429 g/mol. The van der Waals surface area contributed by atoms with Crippen molar-refractivity contribution in [2.75, 3.05) is 0 Å². The van der Waals surface area contributed by atoms with Crippen LogP contribution in [0.1, 0.15) is 29.3 Å². The lowest BCUT2D eigenvalue weighted by Gasteiger charge is -2.17. The van der Waals surface area contributed by atoms with E-state index < -0.39 is 5.97 Å². The highest BCUT2D eigenvalue weighted by atomic mass is 35.5. The van der Waals surface area contributed by atoms with Crippen molar-refractivity contribution < 1.29 is 14.6 Å². The Morgan fingerprint density at radius 2 is 2.15 bits per heavy atom. The first-order valence-corrected chi connectivity index (χ1v) is 9.87. The molecule has 26 heavy (non-hydrogen) atoms. The number of carboxylic acids is 1. The molecule has 2 aromatic heterocycles. The Balaban J connectivity index is 1.71. The number of aryl methyl sites for hydroxylation is 1. The maximum atomic E-state index is 11.0. The SMILES string of the molecule is O=C(O)Cc1csc2c(Cl)c(O[C@H]3CCc4nc(Cl)ccc43)cc(Cl)c12. The summed E-state index contributed by atoms with van der Waals surface area (Å²) in [5.74, 6) is -0.424. The lowest BCUT2D eigenvalue weighted by atomic mass is 10.1. The van der Waals surface area contributed by atoms with Crippen molar-refractivity contribution in [3.8, 4) is 5.75 Å². The van der Waals surface area contributed by atoms with Gasteiger partial charge in [0, 0.05) is 22.7 Å². The van der Waals surface area contributed by atoms with Crippen molar-refractivity contribution in [2.24, 2.45) is 0 Å². The molecule has 3 aromatic rings. The molecule has 0 saturated heterocycles. The van der Waals surface area contributed by atoms with Crippen LogP contribution < -0.4 is 4.74 Å². The van der Waals surface area contributed by atoms with Gasteiger partial charge in [0.05, 0.1) is 16.1 Å². The van der Waals surface area contributed by atoms with Gasteiger partial charge in [-0.1, -0.05) is 40.9 Å². The molecule has 1 aromatic carbocycles. The number of hydrogen-bond acceptors (Lipinski definition) is 4. The van der Waals surface area contributed by atoms with Gasteiger partial charge in [-0.25, -0.2) is 4.98 Å². The van der Waals surface area contributed by atoms with Crippen LogP contribution in [0.4, 0.5) is 0 Å². The molecule has 4 rings (SSSR count). The van der Waals surface area contributed by atoms with Gasteiger partial charge in [-0.05, 0) is 29.9 Å². The fourth-order valence-electron chi connectivity index (χ4n) is 3.24. The zero-order valence-electron chi connectivity index (χ0n) is 13.3. The second kappa shape index (κ2) is 6.89. The smallest absolute Gasteiger partial charge is 0.307 e. The molecule has 0 radical (unpaired) electrons. The number of hydrogen-bond donors (Lipinski definition) is 1. The van der Waals surface area contributed by atoms with E-state index in [1.54, 1.807) is 17.5 Å². The van der Waals surface area contributed by atoms with Crippen molar-refractivity contribution in [3.05, 3.63) is 55.6 Å². The third kappa shape index (κ3) is 3.14. The predicted octanol–water partition coefficient (Wildman–Crippen LogP) is 5.95. The molecule has 0 unspecified atom stereocenters. The molecule has 1 N–H and O–H groups in total. The summed E-state index contributed by atoms with van der Waals surface area (Å²) in [4.78, 5) is 15.4. The third-order valence-corrected chi connectivity index (χ3v) is 6.40. The Labute approximate surface area is 168 Å². The number of aliphatic carboxylic acids is 1. The van der Waals surface area contributed by atoms with Crippen LogP contribution in [0, 0.1) is 0 Å². The van der Waals surface area contributed by atoms with Gasteiger partial charge in [0.15, 0.2) is 0 Å². The van der Waals surface area contributed by atoms with Crippen molar-refractivity contribution >= 4 is 62.2 Å². The summed E-state index contributed by atoms with van der Waals surface area (Å²) < 4.78 is 6.88. The molecule has 0 aliphatic heterocycles. The van der Waals surface area contributed by atoms with E-state index in [-0.39, 0.29) is 12.5 Å². The highest BCUT2D eigenvalue weighted by molar-refractivity contribution is 7.18. The van der Waals surface area contributed by atoms with Gasteiger partial charge in [-0.2, -0.15) is 0 Å². The summed E-state index contributed by atoms with van der Waals surface area (Å²) >= 11 is 20.3. The summed E-state index contributed by atoms with van der Waals surface area (Å²) in [5.41, 5.74) is 2.59. The van der Waals surface area contributed by atoms with Gasteiger partial charge < -0.3 is 9.84 Å². The Bertz CT molecular complexity index is 1030. The van der Waals surface area contributed by atoms with E-state index in [9.17, 15) is 4.79 Å². The Morgan fingerprint density at radius 3 is 2.92 bits per heavy atom. The molecule has 1 atom stereocenters. The predicted molar refractivity (Wildman–Crippen MR) is 104 cm³/mol. The van der Waals surface area contributed by atoms with Gasteiger partial charge >= 0.3 is 5.97 Å². The minimum absolute atomic E-state index is 0.0985. The number of benzene rings is 1. The molecule has 8 heteroatoms. The lowest BCUT2D eigenvalue weighted by Crippen LogP contribution is -2.04. The van der Waals surface area contributed by atoms with Gasteiger partial charge in [0.25, 0.3) is 0 Å². The van der Waals surface area contributed by atoms with Crippen LogP contribution in [0.2, 0.25) is 15.2 Å². The maximum Gasteiger partial charge on any atom is 0.307 e. The Morgan fingerprint density at radius 1 is 1.35 bits per heavy atom. The van der Waals surface area contributed by atoms with Crippen LogP contribution in [0.5, 0.6) is 5.75 Å². The molecule has 2 heterocycles. The van der Waals surface area contributed by atoms with Gasteiger partial charge in [-0.3, -0.25) is 4.79 Å². The van der Waals surface area contributed by atoms with Crippen molar-refractivity contribution in [3.63, 3.8) is 0 Å². The first-order chi connectivity index (χ1) is 12.4. The molecule has 4 nitrogen and oxygen atoms in total. The Kier molecular flexibility index (Phi) is 4.73. The first-order valence-electron chi connectivity index (χ1n) is 7.86. The Hall–Kier alpha value is -1.53. The second-order valence-electron chi connectivity index (χ2n) is 6.02. The highest BCUT2D eigenvalue weighted by Gasteiger charge is 2.27. The van der Waals surface area contributed by atoms with Crippen molar-refractivity contribution in [1.29, 1.82) is 0 Å². The number of halogens is 3. The standard InChI is InChI=1S/C18H12Cl3NO3S/c19-10-6-13(17(21)18-16(10)8(7-26-18)5-15(23)24)25-12-3-2-11-9(12)1-4-14(20)22-11/h1,4,6-7,12H,2-3,5H2,(H,23,24)/t12-/m0/s1. The fraction of sp³-hybridized carbons (Fsp3) is 0.222. The number of nitrogens with zero attached hydrogens (tertiary/aromatic N) is 1. The fourth-order valence-corrected chi connectivity index (χ4v) is 5.12. The molecule has 0 fully saturated rings. The number of pyridine rings is 1. The highest BCUT2D eigenvalue weighted by Crippen LogP contribution is 2.45. The van der Waals surface area contributed by atoms with Crippen LogP contribution >= 0.6 is 46.1 Å². The van der Waals surface area contributed by atoms with E-state index in [0.717, 1.165) is 28.8 Å². The molecular weight excluding hydrogens is 417 g/mol. The number of carbonyl (C=O) groups is 1. The molecule has 1 aliphatic rings. The normalized spacial score (nSPS) is 16.0. The molecule has 0 amide bonds. The van der Waals surface area contributed by atoms with Crippen LogP contribution in [0.3, 0.4) is 0 Å². The molecule has 1 aliphatic carbocycles. The van der Waals surface area contributed by atoms with E-state index in [1.165, 1.54) is 11.3 Å². The quantitative estimate of drug-likeness (QED) is 0.522. The van der Waals surface area contributed by atoms with E-state index in [4.69, 9.17) is 44.6 Å². The zero-order chi connectivity index (χ0) is 18.4. The summed E-state index contributed by atoms with van der Waals surface area (Å²) in [7, 11) is 0. The number of fused-ring (bicyclic) bond motifs is 2. The minimum atomic E-state index is -0.911. The number of aromatic nitrogens is 1. The summed E-state index contributed by atoms with van der Waals surface area (Å²) in [6.45, 7) is 0. The largest absolute Gasteiger partial charge is 0.484 e. The summed E-state index contributed by atoms with van der Waals surface area (Å²) in [6.07, 6.45) is 1.30. The third-order valence-electron chi connectivity index (χ3n) is 4.36. The molecule has 0 bridgehead atoms. The molecule has 0 saturated carbocycles. The lowest BCUT2D eigenvalue weighted by molar-refractivity contribution is -0.136. The maximum absolute atomic E-state index is 11.0. The summed E-state index contributed by atoms with van der Waals surface area (Å²) in [6, 6.07) is 5.33.